The van der Waals surface area contributed by atoms with Crippen LogP contribution in [0.3, 0.4) is 0 Å². The predicted octanol–water partition coefficient (Wildman–Crippen LogP) is 6.83. The van der Waals surface area contributed by atoms with Gasteiger partial charge in [-0.15, -0.1) is 0 Å². The number of amides is 1. The van der Waals surface area contributed by atoms with Gasteiger partial charge < -0.3 is 24.8 Å². The number of halogens is 1. The summed E-state index contributed by atoms with van der Waals surface area (Å²) in [5.41, 5.74) is 4.55. The van der Waals surface area contributed by atoms with Gasteiger partial charge in [0.05, 0.1) is 11.7 Å². The molecule has 0 spiro atoms. The molecule has 1 aliphatic rings. The van der Waals surface area contributed by atoms with E-state index in [0.717, 1.165) is 27.2 Å². The first-order valence-corrected chi connectivity index (χ1v) is 14.3. The lowest BCUT2D eigenvalue weighted by Crippen LogP contribution is -2.30. The molecule has 5 aromatic rings. The number of pyridine rings is 1. The molecule has 6 rings (SSSR count). The summed E-state index contributed by atoms with van der Waals surface area (Å²) in [6, 6.07) is 34.8. The van der Waals surface area contributed by atoms with Crippen LogP contribution < -0.4 is 20.3 Å². The molecule has 1 saturated heterocycles. The molecule has 41 heavy (non-hydrogen) atoms. The van der Waals surface area contributed by atoms with E-state index >= 15 is 0 Å². The molecule has 3 heterocycles. The molecule has 2 N–H and O–H groups in total. The second-order valence-corrected chi connectivity index (χ2v) is 10.8. The Balaban J connectivity index is 1.29. The summed E-state index contributed by atoms with van der Waals surface area (Å²) in [6.45, 7) is -0.0771. The molecule has 1 amide bonds. The lowest BCUT2D eigenvalue weighted by Gasteiger charge is -2.29. The van der Waals surface area contributed by atoms with Crippen LogP contribution in [0.15, 0.2) is 126 Å². The maximum absolute atomic E-state index is 12.5. The van der Waals surface area contributed by atoms with Gasteiger partial charge >= 0.3 is 0 Å². The van der Waals surface area contributed by atoms with Crippen molar-refractivity contribution in [2.24, 2.45) is 0 Å². The van der Waals surface area contributed by atoms with Gasteiger partial charge in [-0.1, -0.05) is 46.3 Å². The van der Waals surface area contributed by atoms with Crippen LogP contribution in [0, 0.1) is 0 Å². The summed E-state index contributed by atoms with van der Waals surface area (Å²) >= 11 is 9.50. The molecule has 1 aliphatic heterocycles. The molecule has 0 bridgehead atoms. The van der Waals surface area contributed by atoms with Crippen LogP contribution in [0.25, 0.3) is 5.69 Å². The number of para-hydroxylation sites is 1. The monoisotopic (exact) mass is 623 g/mol. The van der Waals surface area contributed by atoms with E-state index in [1.54, 1.807) is 6.20 Å². The Labute approximate surface area is 251 Å². The van der Waals surface area contributed by atoms with Gasteiger partial charge in [0.25, 0.3) is 5.91 Å². The summed E-state index contributed by atoms with van der Waals surface area (Å²) in [6.07, 6.45) is 3.86. The lowest BCUT2D eigenvalue weighted by atomic mass is 10.0. The smallest absolute Gasteiger partial charge is 0.262 e. The fourth-order valence-electron chi connectivity index (χ4n) is 5.00. The molecule has 0 unspecified atom stereocenters. The number of nitrogens with one attached hydrogen (secondary N) is 2. The van der Waals surface area contributed by atoms with Crippen molar-refractivity contribution < 1.29 is 9.53 Å². The largest absolute Gasteiger partial charge is 0.484 e. The van der Waals surface area contributed by atoms with Crippen molar-refractivity contribution in [3.8, 4) is 11.4 Å². The van der Waals surface area contributed by atoms with Gasteiger partial charge in [-0.3, -0.25) is 9.78 Å². The number of ether oxygens (including phenoxy) is 1. The second-order valence-electron chi connectivity index (χ2n) is 9.48. The number of rotatable bonds is 8. The number of benzene rings is 3. The Bertz CT molecular complexity index is 1660. The molecule has 2 aromatic heterocycles. The number of hydrogen-bond acceptors (Lipinski definition) is 4. The highest BCUT2D eigenvalue weighted by molar-refractivity contribution is 9.10. The molecule has 204 valence electrons. The first-order valence-electron chi connectivity index (χ1n) is 13.1. The number of carbonyl (C=O) groups is 1. The number of aromatic nitrogens is 2. The molecule has 2 atom stereocenters. The fourth-order valence-corrected chi connectivity index (χ4v) is 5.73. The Kier molecular flexibility index (Phi) is 7.80. The maximum atomic E-state index is 12.5. The molecule has 9 heteroatoms. The fraction of sp³-hybridized carbons (Fsp3) is 0.0938. The molecular formula is C32H26BrN5O2S. The number of thiocarbonyl (C=S) groups is 1. The van der Waals surface area contributed by atoms with Gasteiger partial charge in [0.15, 0.2) is 11.7 Å². The first kappa shape index (κ1) is 26.7. The average molecular weight is 625 g/mol. The molecule has 7 nitrogen and oxygen atoms in total. The summed E-state index contributed by atoms with van der Waals surface area (Å²) < 4.78 is 8.74. The van der Waals surface area contributed by atoms with E-state index in [2.05, 4.69) is 65.4 Å². The molecule has 3 aromatic carbocycles. The number of anilines is 2. The van der Waals surface area contributed by atoms with E-state index in [0.29, 0.717) is 16.5 Å². The third kappa shape index (κ3) is 5.86. The number of hydrogen-bond donors (Lipinski definition) is 2. The summed E-state index contributed by atoms with van der Waals surface area (Å²) in [4.78, 5) is 19.3. The van der Waals surface area contributed by atoms with Crippen molar-refractivity contribution in [1.82, 2.24) is 14.9 Å². The van der Waals surface area contributed by atoms with Gasteiger partial charge in [0, 0.05) is 39.6 Å². The molecule has 1 fully saturated rings. The predicted molar refractivity (Wildman–Crippen MR) is 168 cm³/mol. The van der Waals surface area contributed by atoms with Crippen LogP contribution >= 0.6 is 28.1 Å². The van der Waals surface area contributed by atoms with E-state index in [9.17, 15) is 4.79 Å². The maximum Gasteiger partial charge on any atom is 0.262 e. The highest BCUT2D eigenvalue weighted by Gasteiger charge is 2.42. The average Bonchev–Trinajstić information content (AvgIpc) is 3.62. The van der Waals surface area contributed by atoms with Gasteiger partial charge in [0.1, 0.15) is 11.8 Å². The third-order valence-corrected chi connectivity index (χ3v) is 7.62. The van der Waals surface area contributed by atoms with Crippen molar-refractivity contribution in [3.05, 3.63) is 137 Å². The highest BCUT2D eigenvalue weighted by Crippen LogP contribution is 2.42. The molecular weight excluding hydrogens is 598 g/mol. The Morgan fingerprint density at radius 1 is 0.927 bits per heavy atom. The first-order chi connectivity index (χ1) is 20.1. The molecule has 0 radical (unpaired) electrons. The van der Waals surface area contributed by atoms with Gasteiger partial charge in [-0.05, 0) is 91.1 Å². The Hall–Kier alpha value is -4.47. The van der Waals surface area contributed by atoms with Crippen molar-refractivity contribution in [1.29, 1.82) is 0 Å². The normalized spacial score (nSPS) is 16.3. The zero-order valence-corrected chi connectivity index (χ0v) is 24.3. The minimum absolute atomic E-state index is 0.0771. The van der Waals surface area contributed by atoms with E-state index in [1.165, 1.54) is 0 Å². The Morgan fingerprint density at radius 3 is 2.49 bits per heavy atom. The summed E-state index contributed by atoms with van der Waals surface area (Å²) in [5, 5.41) is 7.01. The van der Waals surface area contributed by atoms with Crippen LogP contribution in [0.4, 0.5) is 11.4 Å². The second kappa shape index (κ2) is 12.0. The minimum Gasteiger partial charge on any atom is -0.484 e. The molecule has 0 saturated carbocycles. The van der Waals surface area contributed by atoms with Crippen LogP contribution in [-0.2, 0) is 4.79 Å². The van der Waals surface area contributed by atoms with Crippen molar-refractivity contribution >= 4 is 50.5 Å². The topological polar surface area (TPSA) is 71.4 Å². The standard InChI is InChI=1S/C32H26BrN5O2S/c33-22-8-6-9-25(20-22)37-19-7-13-28(37)31-30(27-12-4-5-18-34-27)36-32(41)38(31)24-16-14-23(15-17-24)35-29(39)21-40-26-10-2-1-3-11-26/h1-20,30-31H,21H2,(H,35,39)(H,36,41)/t30-,31+/m1/s1. The van der Waals surface area contributed by atoms with E-state index in [4.69, 9.17) is 17.0 Å². The van der Waals surface area contributed by atoms with Gasteiger partial charge in [0.2, 0.25) is 0 Å². The van der Waals surface area contributed by atoms with Crippen molar-refractivity contribution in [2.45, 2.75) is 12.1 Å². The summed E-state index contributed by atoms with van der Waals surface area (Å²) in [5.74, 6) is 0.411. The minimum atomic E-state index is -0.236. The van der Waals surface area contributed by atoms with Gasteiger partial charge in [-0.25, -0.2) is 0 Å². The Morgan fingerprint density at radius 2 is 1.73 bits per heavy atom. The van der Waals surface area contributed by atoms with E-state index in [-0.39, 0.29) is 24.6 Å². The van der Waals surface area contributed by atoms with Crippen LogP contribution in [0.2, 0.25) is 0 Å². The van der Waals surface area contributed by atoms with Crippen molar-refractivity contribution in [3.63, 3.8) is 0 Å². The molecule has 0 aliphatic carbocycles. The number of carbonyl (C=O) groups excluding carboxylic acids is 1. The zero-order valence-electron chi connectivity index (χ0n) is 21.9. The van der Waals surface area contributed by atoms with E-state index < -0.39 is 0 Å². The summed E-state index contributed by atoms with van der Waals surface area (Å²) in [7, 11) is 0. The van der Waals surface area contributed by atoms with Gasteiger partial charge in [-0.2, -0.15) is 0 Å². The van der Waals surface area contributed by atoms with Crippen molar-refractivity contribution in [2.75, 3.05) is 16.8 Å². The van der Waals surface area contributed by atoms with Crippen LogP contribution in [0.1, 0.15) is 23.5 Å². The van der Waals surface area contributed by atoms with E-state index in [1.807, 2.05) is 91.0 Å². The SMILES string of the molecule is O=C(COc1ccccc1)Nc1ccc(N2C(=S)N[C@H](c3ccccn3)[C@@H]2c2cccn2-c2cccc(Br)c2)cc1. The number of nitrogens with zero attached hydrogens (tertiary/aromatic N) is 3. The zero-order chi connectivity index (χ0) is 28.2. The quantitative estimate of drug-likeness (QED) is 0.185. The highest BCUT2D eigenvalue weighted by atomic mass is 79.9. The van der Waals surface area contributed by atoms with Crippen LogP contribution in [-0.4, -0.2) is 27.2 Å². The van der Waals surface area contributed by atoms with Crippen LogP contribution in [0.5, 0.6) is 5.75 Å². The third-order valence-electron chi connectivity index (χ3n) is 6.81. The lowest BCUT2D eigenvalue weighted by molar-refractivity contribution is -0.118.